The third-order valence-corrected chi connectivity index (χ3v) is 2.30. The van der Waals surface area contributed by atoms with Crippen LogP contribution in [0.1, 0.15) is 26.3 Å². The van der Waals surface area contributed by atoms with E-state index in [4.69, 9.17) is 10.5 Å². The highest BCUT2D eigenvalue weighted by molar-refractivity contribution is 5.94. The Morgan fingerprint density at radius 3 is 2.60 bits per heavy atom. The average Bonchev–Trinajstić information content (AvgIpc) is 2.34. The lowest BCUT2D eigenvalue weighted by molar-refractivity contribution is -0.384. The number of nitrogens with zero attached hydrogens (tertiary/aromatic N) is 1. The lowest BCUT2D eigenvalue weighted by Gasteiger charge is -2.20. The van der Waals surface area contributed by atoms with Gasteiger partial charge in [-0.25, -0.2) is 4.79 Å². The van der Waals surface area contributed by atoms with E-state index in [1.807, 2.05) is 0 Å². The largest absolute Gasteiger partial charge is 0.457 e. The molecule has 0 atom stereocenters. The van der Waals surface area contributed by atoms with Gasteiger partial charge in [0.1, 0.15) is 5.60 Å². The van der Waals surface area contributed by atoms with Crippen molar-refractivity contribution in [3.63, 3.8) is 0 Å². The molecular formula is C14H18N2O4. The van der Waals surface area contributed by atoms with Gasteiger partial charge in [-0.2, -0.15) is 0 Å². The lowest BCUT2D eigenvalue weighted by Crippen LogP contribution is -2.27. The van der Waals surface area contributed by atoms with Crippen molar-refractivity contribution in [2.75, 3.05) is 6.54 Å². The number of nitrogens with two attached hydrogens (primary N) is 1. The predicted molar refractivity (Wildman–Crippen MR) is 76.0 cm³/mol. The second kappa shape index (κ2) is 6.29. The van der Waals surface area contributed by atoms with Crippen molar-refractivity contribution in [1.82, 2.24) is 0 Å². The first-order valence-corrected chi connectivity index (χ1v) is 6.11. The Balaban J connectivity index is 3.02. The maximum Gasteiger partial charge on any atom is 0.335 e. The van der Waals surface area contributed by atoms with Crippen LogP contribution in [0, 0.1) is 10.1 Å². The molecule has 20 heavy (non-hydrogen) atoms. The number of nitro groups is 1. The summed E-state index contributed by atoms with van der Waals surface area (Å²) >= 11 is 0. The lowest BCUT2D eigenvalue weighted by atomic mass is 10.1. The van der Waals surface area contributed by atoms with E-state index in [0.29, 0.717) is 5.56 Å². The number of non-ortho nitro benzene ring substituents is 1. The first-order valence-electron chi connectivity index (χ1n) is 6.11. The third-order valence-electron chi connectivity index (χ3n) is 2.30. The van der Waals surface area contributed by atoms with Crippen LogP contribution in [0.5, 0.6) is 0 Å². The van der Waals surface area contributed by atoms with Gasteiger partial charge in [0.15, 0.2) is 0 Å². The van der Waals surface area contributed by atoms with Gasteiger partial charge >= 0.3 is 5.97 Å². The highest BCUT2D eigenvalue weighted by Gasteiger charge is 2.19. The highest BCUT2D eigenvalue weighted by atomic mass is 16.6. The van der Waals surface area contributed by atoms with E-state index < -0.39 is 16.5 Å². The Labute approximate surface area is 117 Å². The molecule has 0 radical (unpaired) electrons. The van der Waals surface area contributed by atoms with Crippen LogP contribution in [0.2, 0.25) is 0 Å². The number of benzene rings is 1. The van der Waals surface area contributed by atoms with Crippen molar-refractivity contribution < 1.29 is 14.5 Å². The zero-order valence-corrected chi connectivity index (χ0v) is 11.8. The number of carbonyl (C=O) groups excluding carboxylic acids is 1. The Kier molecular flexibility index (Phi) is 4.99. The first kappa shape index (κ1) is 15.8. The second-order valence-electron chi connectivity index (χ2n) is 5.23. The van der Waals surface area contributed by atoms with Crippen LogP contribution in [0.3, 0.4) is 0 Å². The van der Waals surface area contributed by atoms with Crippen LogP contribution in [0.15, 0.2) is 29.8 Å². The number of rotatable bonds is 4. The zero-order valence-electron chi connectivity index (χ0n) is 11.8. The Bertz CT molecular complexity index is 544. The number of nitro benzene ring substituents is 1. The van der Waals surface area contributed by atoms with Gasteiger partial charge in [0.25, 0.3) is 5.69 Å². The summed E-state index contributed by atoms with van der Waals surface area (Å²) in [4.78, 5) is 22.1. The molecule has 0 aliphatic rings. The van der Waals surface area contributed by atoms with E-state index in [9.17, 15) is 14.9 Å². The van der Waals surface area contributed by atoms with Gasteiger partial charge in [0.2, 0.25) is 0 Å². The molecule has 0 spiro atoms. The molecule has 1 aromatic rings. The third kappa shape index (κ3) is 4.81. The van der Waals surface area contributed by atoms with E-state index in [2.05, 4.69) is 0 Å². The van der Waals surface area contributed by atoms with Gasteiger partial charge in [-0.15, -0.1) is 0 Å². The van der Waals surface area contributed by atoms with Crippen molar-refractivity contribution in [2.24, 2.45) is 5.73 Å². The molecule has 0 bridgehead atoms. The van der Waals surface area contributed by atoms with E-state index in [1.165, 1.54) is 18.2 Å². The van der Waals surface area contributed by atoms with E-state index in [0.717, 1.165) is 0 Å². The molecular weight excluding hydrogens is 260 g/mol. The van der Waals surface area contributed by atoms with Crippen LogP contribution < -0.4 is 5.73 Å². The topological polar surface area (TPSA) is 95.5 Å². The van der Waals surface area contributed by atoms with Crippen molar-refractivity contribution >= 4 is 17.7 Å². The summed E-state index contributed by atoms with van der Waals surface area (Å²) in [5.41, 5.74) is 5.67. The fourth-order valence-electron chi connectivity index (χ4n) is 1.47. The summed E-state index contributed by atoms with van der Waals surface area (Å²) in [5, 5.41) is 10.7. The van der Waals surface area contributed by atoms with Crippen LogP contribution in [0.25, 0.3) is 6.08 Å². The van der Waals surface area contributed by atoms with Gasteiger partial charge in [0.05, 0.1) is 10.5 Å². The molecule has 0 saturated heterocycles. The quantitative estimate of drug-likeness (QED) is 0.394. The minimum Gasteiger partial charge on any atom is -0.457 e. The van der Waals surface area contributed by atoms with Gasteiger partial charge in [-0.05, 0) is 32.4 Å². The van der Waals surface area contributed by atoms with Crippen molar-refractivity contribution in [3.05, 3.63) is 45.5 Å². The summed E-state index contributed by atoms with van der Waals surface area (Å²) in [7, 11) is 0. The van der Waals surface area contributed by atoms with E-state index in [-0.39, 0.29) is 17.8 Å². The number of ether oxygens (including phenoxy) is 1. The van der Waals surface area contributed by atoms with Gasteiger partial charge in [-0.1, -0.05) is 12.1 Å². The molecule has 0 fully saturated rings. The summed E-state index contributed by atoms with van der Waals surface area (Å²) in [6.07, 6.45) is 1.50. The molecule has 0 heterocycles. The molecule has 6 heteroatoms. The number of hydrogen-bond acceptors (Lipinski definition) is 5. The Hall–Kier alpha value is -2.21. The molecule has 0 saturated carbocycles. The zero-order chi connectivity index (χ0) is 15.3. The molecule has 0 aromatic heterocycles. The molecule has 0 aliphatic heterocycles. The maximum absolute atomic E-state index is 11.9. The monoisotopic (exact) mass is 278 g/mol. The van der Waals surface area contributed by atoms with E-state index in [1.54, 1.807) is 32.9 Å². The van der Waals surface area contributed by atoms with Gasteiger partial charge in [-0.3, -0.25) is 10.1 Å². The summed E-state index contributed by atoms with van der Waals surface area (Å²) in [6, 6.07) is 5.97. The van der Waals surface area contributed by atoms with Crippen molar-refractivity contribution in [1.29, 1.82) is 0 Å². The number of esters is 1. The molecule has 0 amide bonds. The molecule has 0 unspecified atom stereocenters. The maximum atomic E-state index is 11.9. The van der Waals surface area contributed by atoms with Gasteiger partial charge < -0.3 is 10.5 Å². The molecule has 1 aromatic carbocycles. The Morgan fingerprint density at radius 1 is 1.45 bits per heavy atom. The molecule has 1 rings (SSSR count). The van der Waals surface area contributed by atoms with E-state index >= 15 is 0 Å². The fourth-order valence-corrected chi connectivity index (χ4v) is 1.47. The molecule has 0 aliphatic carbocycles. The average molecular weight is 278 g/mol. The number of carbonyl (C=O) groups is 1. The van der Waals surface area contributed by atoms with Crippen molar-refractivity contribution in [2.45, 2.75) is 26.4 Å². The summed E-state index contributed by atoms with van der Waals surface area (Å²) in [6.45, 7) is 5.27. The molecule has 2 N–H and O–H groups in total. The minimum atomic E-state index is -0.617. The summed E-state index contributed by atoms with van der Waals surface area (Å²) in [5.74, 6) is -0.522. The van der Waals surface area contributed by atoms with Crippen molar-refractivity contribution in [3.8, 4) is 0 Å². The van der Waals surface area contributed by atoms with Crippen LogP contribution in [0.4, 0.5) is 5.69 Å². The Morgan fingerprint density at radius 2 is 2.10 bits per heavy atom. The second-order valence-corrected chi connectivity index (χ2v) is 5.23. The van der Waals surface area contributed by atoms with Crippen LogP contribution >= 0.6 is 0 Å². The normalized spacial score (nSPS) is 12.1. The van der Waals surface area contributed by atoms with Crippen LogP contribution in [-0.4, -0.2) is 23.0 Å². The van der Waals surface area contributed by atoms with Gasteiger partial charge in [0, 0.05) is 18.7 Å². The number of hydrogen-bond donors (Lipinski definition) is 1. The molecule has 108 valence electrons. The predicted octanol–water partition coefficient (Wildman–Crippen LogP) is 2.28. The SMILES string of the molecule is CC(C)(C)OC(=O)/C(=C/c1cccc([N+](=O)[O-])c1)CN. The first-order chi connectivity index (χ1) is 9.23. The summed E-state index contributed by atoms with van der Waals surface area (Å²) < 4.78 is 5.22. The molecule has 6 nitrogen and oxygen atoms in total. The fraction of sp³-hybridized carbons (Fsp3) is 0.357. The van der Waals surface area contributed by atoms with Crippen LogP contribution in [-0.2, 0) is 9.53 Å². The minimum absolute atomic E-state index is 0.00238. The standard InChI is InChI=1S/C14H18N2O4/c1-14(2,3)20-13(17)11(9-15)7-10-5-4-6-12(8-10)16(18)19/h4-8H,9,15H2,1-3H3/b11-7+. The smallest absolute Gasteiger partial charge is 0.335 e. The highest BCUT2D eigenvalue weighted by Crippen LogP contribution is 2.17.